The molecular formula is C24H29N5O4. The van der Waals surface area contributed by atoms with Crippen molar-refractivity contribution in [2.75, 3.05) is 44.5 Å². The van der Waals surface area contributed by atoms with Crippen LogP contribution in [0.3, 0.4) is 0 Å². The minimum atomic E-state index is 0.130. The van der Waals surface area contributed by atoms with Crippen molar-refractivity contribution in [2.24, 2.45) is 5.73 Å². The molecule has 0 amide bonds. The van der Waals surface area contributed by atoms with Crippen molar-refractivity contribution in [2.45, 2.75) is 18.9 Å². The Labute approximate surface area is 193 Å². The van der Waals surface area contributed by atoms with E-state index in [9.17, 15) is 0 Å². The molecule has 0 atom stereocenters. The number of nitrogen functional groups attached to an aromatic ring is 1. The quantitative estimate of drug-likeness (QED) is 0.420. The molecule has 3 aromatic rings. The van der Waals surface area contributed by atoms with Gasteiger partial charge in [-0.15, -0.1) is 0 Å². The van der Waals surface area contributed by atoms with Gasteiger partial charge in [0.1, 0.15) is 18.5 Å². The highest BCUT2D eigenvalue weighted by molar-refractivity contribution is 5.69. The molecule has 0 spiro atoms. The maximum Gasteiger partial charge on any atom is 0.227 e. The van der Waals surface area contributed by atoms with Gasteiger partial charge in [-0.05, 0) is 36.4 Å². The van der Waals surface area contributed by atoms with E-state index in [1.54, 1.807) is 13.3 Å². The van der Waals surface area contributed by atoms with E-state index in [2.05, 4.69) is 15.3 Å². The Morgan fingerprint density at radius 2 is 1.88 bits per heavy atom. The minimum Gasteiger partial charge on any atom is -0.493 e. The number of hydrogen-bond acceptors (Lipinski definition) is 9. The highest BCUT2D eigenvalue weighted by atomic mass is 16.5. The summed E-state index contributed by atoms with van der Waals surface area (Å²) >= 11 is 0. The van der Waals surface area contributed by atoms with E-state index in [0.29, 0.717) is 55.2 Å². The number of rotatable bonds is 9. The summed E-state index contributed by atoms with van der Waals surface area (Å²) in [6, 6.07) is 13.0. The Bertz CT molecular complexity index is 1070. The number of ether oxygens (including phenoxy) is 4. The smallest absolute Gasteiger partial charge is 0.227 e. The summed E-state index contributed by atoms with van der Waals surface area (Å²) in [5, 5.41) is 3.20. The molecule has 1 aromatic heterocycles. The fourth-order valence-corrected chi connectivity index (χ4v) is 3.53. The fraction of sp³-hybridized carbons (Fsp3) is 0.333. The standard InChI is InChI=1S/C24H29N5O4/c1-30-23-15-17(3-5-22(23)32-13-9-25)28-24-27-10-6-20(29-24)16-2-4-21(19(26)14-16)33-18-7-11-31-12-8-18/h2-6,10,14-15,18H,7-9,11-13,25-26H2,1H3,(H,27,28,29). The Morgan fingerprint density at radius 1 is 1.06 bits per heavy atom. The Morgan fingerprint density at radius 3 is 2.64 bits per heavy atom. The van der Waals surface area contributed by atoms with E-state index in [1.807, 2.05) is 42.5 Å². The highest BCUT2D eigenvalue weighted by Gasteiger charge is 2.17. The topological polar surface area (TPSA) is 127 Å². The summed E-state index contributed by atoms with van der Waals surface area (Å²) in [7, 11) is 1.59. The molecule has 1 aliphatic heterocycles. The lowest BCUT2D eigenvalue weighted by Crippen LogP contribution is -2.26. The van der Waals surface area contributed by atoms with Crippen molar-refractivity contribution in [3.63, 3.8) is 0 Å². The van der Waals surface area contributed by atoms with Crippen LogP contribution >= 0.6 is 0 Å². The largest absolute Gasteiger partial charge is 0.493 e. The lowest BCUT2D eigenvalue weighted by molar-refractivity contribution is 0.0259. The average molecular weight is 452 g/mol. The first-order chi connectivity index (χ1) is 16.2. The molecule has 174 valence electrons. The van der Waals surface area contributed by atoms with Crippen molar-refractivity contribution in [3.8, 4) is 28.5 Å². The van der Waals surface area contributed by atoms with Crippen molar-refractivity contribution in [1.29, 1.82) is 0 Å². The SMILES string of the molecule is COc1cc(Nc2nccc(-c3ccc(OC4CCOCC4)c(N)c3)n2)ccc1OCCN. The molecule has 2 aromatic carbocycles. The number of aromatic nitrogens is 2. The summed E-state index contributed by atoms with van der Waals surface area (Å²) in [4.78, 5) is 8.95. The first kappa shape index (κ1) is 22.6. The molecule has 33 heavy (non-hydrogen) atoms. The van der Waals surface area contributed by atoms with Crippen LogP contribution in [0.15, 0.2) is 48.7 Å². The maximum atomic E-state index is 6.27. The van der Waals surface area contributed by atoms with Crippen molar-refractivity contribution in [1.82, 2.24) is 9.97 Å². The molecule has 1 fully saturated rings. The number of nitrogens with one attached hydrogen (secondary N) is 1. The fourth-order valence-electron chi connectivity index (χ4n) is 3.53. The second-order valence-corrected chi connectivity index (χ2v) is 7.58. The molecular weight excluding hydrogens is 422 g/mol. The van der Waals surface area contributed by atoms with Crippen molar-refractivity contribution < 1.29 is 18.9 Å². The van der Waals surface area contributed by atoms with Gasteiger partial charge in [0.2, 0.25) is 5.95 Å². The van der Waals surface area contributed by atoms with E-state index >= 15 is 0 Å². The van der Waals surface area contributed by atoms with Gasteiger partial charge >= 0.3 is 0 Å². The maximum absolute atomic E-state index is 6.27. The van der Waals surface area contributed by atoms with Gasteiger partial charge in [0.25, 0.3) is 0 Å². The van der Waals surface area contributed by atoms with Crippen molar-refractivity contribution >= 4 is 17.3 Å². The molecule has 0 unspecified atom stereocenters. The number of nitrogens with two attached hydrogens (primary N) is 2. The van der Waals surface area contributed by atoms with Crippen LogP contribution in [0.4, 0.5) is 17.3 Å². The van der Waals surface area contributed by atoms with Crippen LogP contribution in [0.1, 0.15) is 12.8 Å². The van der Waals surface area contributed by atoms with Crippen LogP contribution in [0, 0.1) is 0 Å². The molecule has 0 aliphatic carbocycles. The van der Waals surface area contributed by atoms with Crippen molar-refractivity contribution in [3.05, 3.63) is 48.7 Å². The number of methoxy groups -OCH3 is 1. The second kappa shape index (κ2) is 10.8. The molecule has 0 saturated carbocycles. The molecule has 1 saturated heterocycles. The van der Waals surface area contributed by atoms with Crippen LogP contribution in [-0.4, -0.2) is 49.5 Å². The molecule has 0 radical (unpaired) electrons. The Kier molecular flexibility index (Phi) is 7.43. The second-order valence-electron chi connectivity index (χ2n) is 7.58. The minimum absolute atomic E-state index is 0.130. The number of nitrogens with zero attached hydrogens (tertiary/aromatic N) is 2. The molecule has 5 N–H and O–H groups in total. The van der Waals surface area contributed by atoms with Gasteiger partial charge in [-0.2, -0.15) is 0 Å². The van der Waals surface area contributed by atoms with Crippen LogP contribution in [0.25, 0.3) is 11.3 Å². The third kappa shape index (κ3) is 5.82. The van der Waals surface area contributed by atoms with Gasteiger partial charge in [0.15, 0.2) is 11.5 Å². The van der Waals surface area contributed by atoms with Gasteiger partial charge in [-0.3, -0.25) is 0 Å². The Balaban J connectivity index is 1.48. The van der Waals surface area contributed by atoms with E-state index in [0.717, 1.165) is 29.8 Å². The third-order valence-electron chi connectivity index (χ3n) is 5.22. The highest BCUT2D eigenvalue weighted by Crippen LogP contribution is 2.32. The molecule has 0 bridgehead atoms. The van der Waals surface area contributed by atoms with Crippen LogP contribution < -0.4 is 31.0 Å². The average Bonchev–Trinajstić information content (AvgIpc) is 2.85. The first-order valence-electron chi connectivity index (χ1n) is 10.9. The molecule has 4 rings (SSSR count). The van der Waals surface area contributed by atoms with E-state index < -0.39 is 0 Å². The van der Waals surface area contributed by atoms with Crippen LogP contribution in [0.2, 0.25) is 0 Å². The van der Waals surface area contributed by atoms with Gasteiger partial charge in [0, 0.05) is 42.9 Å². The molecule has 2 heterocycles. The van der Waals surface area contributed by atoms with Crippen LogP contribution in [-0.2, 0) is 4.74 Å². The van der Waals surface area contributed by atoms with Gasteiger partial charge < -0.3 is 35.7 Å². The lowest BCUT2D eigenvalue weighted by Gasteiger charge is -2.24. The third-order valence-corrected chi connectivity index (χ3v) is 5.22. The zero-order chi connectivity index (χ0) is 23.0. The summed E-state index contributed by atoms with van der Waals surface area (Å²) < 4.78 is 22.4. The van der Waals surface area contributed by atoms with E-state index in [1.165, 1.54) is 0 Å². The van der Waals surface area contributed by atoms with Crippen LogP contribution in [0.5, 0.6) is 17.2 Å². The Hall–Kier alpha value is -3.56. The number of anilines is 3. The number of hydrogen-bond donors (Lipinski definition) is 3. The van der Waals surface area contributed by atoms with E-state index in [4.69, 9.17) is 30.4 Å². The predicted octanol–water partition coefficient (Wildman–Crippen LogP) is 3.37. The first-order valence-corrected chi connectivity index (χ1v) is 10.9. The lowest BCUT2D eigenvalue weighted by atomic mass is 10.1. The predicted molar refractivity (Wildman–Crippen MR) is 127 cm³/mol. The summed E-state index contributed by atoms with van der Waals surface area (Å²) in [6.45, 7) is 2.27. The van der Waals surface area contributed by atoms with Gasteiger partial charge in [-0.1, -0.05) is 0 Å². The van der Waals surface area contributed by atoms with Gasteiger partial charge in [0.05, 0.1) is 31.7 Å². The normalized spacial score (nSPS) is 14.0. The summed E-state index contributed by atoms with van der Waals surface area (Å²) in [5.41, 5.74) is 14.7. The monoisotopic (exact) mass is 451 g/mol. The zero-order valence-electron chi connectivity index (χ0n) is 18.6. The molecule has 9 nitrogen and oxygen atoms in total. The van der Waals surface area contributed by atoms with Gasteiger partial charge in [-0.25, -0.2) is 9.97 Å². The number of benzene rings is 2. The zero-order valence-corrected chi connectivity index (χ0v) is 18.6. The van der Waals surface area contributed by atoms with E-state index in [-0.39, 0.29) is 6.10 Å². The summed E-state index contributed by atoms with van der Waals surface area (Å²) in [6.07, 6.45) is 3.56. The molecule has 1 aliphatic rings. The summed E-state index contributed by atoms with van der Waals surface area (Å²) in [5.74, 6) is 2.35. The molecule has 9 heteroatoms.